The van der Waals surface area contributed by atoms with Gasteiger partial charge in [0.2, 0.25) is 5.95 Å². The molecular weight excluding hydrogens is 402 g/mol. The molecule has 4 rings (SSSR count). The number of nitrogens with zero attached hydrogens (tertiary/aromatic N) is 4. The Kier molecular flexibility index (Phi) is 6.20. The van der Waals surface area contributed by atoms with E-state index >= 15 is 0 Å². The van der Waals surface area contributed by atoms with E-state index in [0.717, 1.165) is 30.0 Å². The minimum absolute atomic E-state index is 0.174. The zero-order valence-corrected chi connectivity index (χ0v) is 19.6. The molecular formula is C25H33N5O2. The average molecular weight is 436 g/mol. The van der Waals surface area contributed by atoms with E-state index in [4.69, 9.17) is 9.72 Å². The summed E-state index contributed by atoms with van der Waals surface area (Å²) < 4.78 is 8.92. The molecule has 0 bridgehead atoms. The van der Waals surface area contributed by atoms with Crippen LogP contribution in [0.4, 0.5) is 5.95 Å². The Labute approximate surface area is 189 Å². The maximum atomic E-state index is 13.5. The van der Waals surface area contributed by atoms with Crippen LogP contribution in [0.3, 0.4) is 0 Å². The summed E-state index contributed by atoms with van der Waals surface area (Å²) >= 11 is 0. The zero-order valence-electron chi connectivity index (χ0n) is 19.6. The summed E-state index contributed by atoms with van der Waals surface area (Å²) in [6.45, 7) is 8.07. The van der Waals surface area contributed by atoms with Crippen molar-refractivity contribution in [3.8, 4) is 17.1 Å². The summed E-state index contributed by atoms with van der Waals surface area (Å²) in [5, 5.41) is 3.50. The van der Waals surface area contributed by atoms with Crippen LogP contribution in [0.15, 0.2) is 47.5 Å². The summed E-state index contributed by atoms with van der Waals surface area (Å²) in [6.07, 6.45) is 8.27. The molecule has 0 saturated heterocycles. The van der Waals surface area contributed by atoms with Crippen LogP contribution in [0.25, 0.3) is 17.1 Å². The minimum Gasteiger partial charge on any atom is -0.359 e. The summed E-state index contributed by atoms with van der Waals surface area (Å²) in [4.78, 5) is 22.7. The van der Waals surface area contributed by atoms with Crippen LogP contribution in [-0.2, 0) is 10.5 Å². The average Bonchev–Trinajstić information content (AvgIpc) is 3.13. The SMILES string of the molecule is COC(C)(C)n1cc(-c2ccnc(N[C@H]3CC[C@H](C)CC3)n2)n(-c2cccc(C)c2)c1=O. The molecule has 1 saturated carbocycles. The molecule has 0 spiro atoms. The summed E-state index contributed by atoms with van der Waals surface area (Å²) in [6, 6.07) is 10.1. The third-order valence-corrected chi connectivity index (χ3v) is 6.50. The first kappa shape index (κ1) is 22.3. The number of imidazole rings is 1. The predicted molar refractivity (Wildman–Crippen MR) is 127 cm³/mol. The lowest BCUT2D eigenvalue weighted by Crippen LogP contribution is -2.37. The Morgan fingerprint density at radius 1 is 1.16 bits per heavy atom. The van der Waals surface area contributed by atoms with Crippen molar-refractivity contribution in [2.45, 2.75) is 65.1 Å². The number of benzene rings is 1. The number of hydrogen-bond acceptors (Lipinski definition) is 5. The van der Waals surface area contributed by atoms with Gasteiger partial charge in [0.15, 0.2) is 0 Å². The summed E-state index contributed by atoms with van der Waals surface area (Å²) in [5.41, 5.74) is 2.30. The lowest BCUT2D eigenvalue weighted by Gasteiger charge is -2.26. The number of aromatic nitrogens is 4. The molecule has 2 heterocycles. The van der Waals surface area contributed by atoms with E-state index in [1.165, 1.54) is 12.8 Å². The first-order chi connectivity index (χ1) is 15.3. The molecule has 1 aliphatic rings. The molecule has 3 aromatic rings. The predicted octanol–water partition coefficient (Wildman–Crippen LogP) is 4.73. The van der Waals surface area contributed by atoms with E-state index in [0.29, 0.717) is 23.4 Å². The quantitative estimate of drug-likeness (QED) is 0.606. The van der Waals surface area contributed by atoms with Crippen molar-refractivity contribution in [2.75, 3.05) is 12.4 Å². The van der Waals surface area contributed by atoms with E-state index in [9.17, 15) is 4.79 Å². The molecule has 7 nitrogen and oxygen atoms in total. The van der Waals surface area contributed by atoms with Gasteiger partial charge in [-0.3, -0.25) is 9.13 Å². The fraction of sp³-hybridized carbons (Fsp3) is 0.480. The largest absolute Gasteiger partial charge is 0.359 e. The van der Waals surface area contributed by atoms with Crippen molar-refractivity contribution in [2.24, 2.45) is 5.92 Å². The van der Waals surface area contributed by atoms with Crippen molar-refractivity contribution in [3.05, 3.63) is 58.8 Å². The van der Waals surface area contributed by atoms with Crippen molar-refractivity contribution in [1.82, 2.24) is 19.1 Å². The molecule has 7 heteroatoms. The van der Waals surface area contributed by atoms with Gasteiger partial charge in [0.05, 0.1) is 17.1 Å². The summed E-state index contributed by atoms with van der Waals surface area (Å²) in [7, 11) is 1.61. The highest BCUT2D eigenvalue weighted by Gasteiger charge is 2.26. The highest BCUT2D eigenvalue weighted by molar-refractivity contribution is 5.59. The molecule has 1 aliphatic carbocycles. The molecule has 1 fully saturated rings. The Morgan fingerprint density at radius 3 is 2.59 bits per heavy atom. The van der Waals surface area contributed by atoms with Crippen LogP contribution < -0.4 is 11.0 Å². The van der Waals surface area contributed by atoms with Crippen LogP contribution in [0, 0.1) is 12.8 Å². The van der Waals surface area contributed by atoms with Crippen molar-refractivity contribution in [1.29, 1.82) is 0 Å². The Hall–Kier alpha value is -2.93. The van der Waals surface area contributed by atoms with E-state index in [2.05, 4.69) is 17.2 Å². The highest BCUT2D eigenvalue weighted by atomic mass is 16.5. The molecule has 32 heavy (non-hydrogen) atoms. The number of hydrogen-bond donors (Lipinski definition) is 1. The standard InChI is InChI=1S/C25H33N5O2/c1-17-9-11-19(12-10-17)27-23-26-14-13-21(28-23)22-16-29(25(3,4)32-5)24(31)30(22)20-8-6-7-18(2)15-20/h6-8,13-17,19H,9-12H2,1-5H3,(H,26,27,28)/t17-,19-. The summed E-state index contributed by atoms with van der Waals surface area (Å²) in [5.74, 6) is 1.39. The lowest BCUT2D eigenvalue weighted by atomic mass is 9.87. The van der Waals surface area contributed by atoms with Crippen LogP contribution in [0.2, 0.25) is 0 Å². The number of anilines is 1. The molecule has 0 aliphatic heterocycles. The lowest BCUT2D eigenvalue weighted by molar-refractivity contribution is -0.0478. The van der Waals surface area contributed by atoms with E-state index in [-0.39, 0.29) is 5.69 Å². The third-order valence-electron chi connectivity index (χ3n) is 6.50. The number of methoxy groups -OCH3 is 1. The molecule has 170 valence electrons. The molecule has 0 unspecified atom stereocenters. The third kappa shape index (κ3) is 4.48. The Bertz CT molecular complexity index is 1140. The highest BCUT2D eigenvalue weighted by Crippen LogP contribution is 2.27. The van der Waals surface area contributed by atoms with Gasteiger partial charge in [-0.1, -0.05) is 19.1 Å². The van der Waals surface area contributed by atoms with E-state index in [1.807, 2.05) is 57.3 Å². The van der Waals surface area contributed by atoms with Crippen molar-refractivity contribution in [3.63, 3.8) is 0 Å². The number of nitrogens with one attached hydrogen (secondary N) is 1. The van der Waals surface area contributed by atoms with Crippen molar-refractivity contribution >= 4 is 5.95 Å². The molecule has 1 N–H and O–H groups in total. The molecule has 1 aromatic carbocycles. The molecule has 0 atom stereocenters. The number of rotatable bonds is 6. The van der Waals surface area contributed by atoms with Gasteiger partial charge in [0.1, 0.15) is 5.72 Å². The monoisotopic (exact) mass is 435 g/mol. The van der Waals surface area contributed by atoms with Gasteiger partial charge < -0.3 is 10.1 Å². The number of aryl methyl sites for hydroxylation is 1. The van der Waals surface area contributed by atoms with Crippen LogP contribution in [-0.4, -0.2) is 32.3 Å². The van der Waals surface area contributed by atoms with E-state index in [1.54, 1.807) is 22.4 Å². The van der Waals surface area contributed by atoms with Gasteiger partial charge in [0.25, 0.3) is 0 Å². The minimum atomic E-state index is -0.798. The fourth-order valence-electron chi connectivity index (χ4n) is 4.29. The van der Waals surface area contributed by atoms with Gasteiger partial charge in [-0.15, -0.1) is 0 Å². The normalized spacial score (nSPS) is 19.2. The first-order valence-electron chi connectivity index (χ1n) is 11.4. The first-order valence-corrected chi connectivity index (χ1v) is 11.4. The van der Waals surface area contributed by atoms with Gasteiger partial charge >= 0.3 is 5.69 Å². The van der Waals surface area contributed by atoms with Gasteiger partial charge in [-0.25, -0.2) is 14.8 Å². The Morgan fingerprint density at radius 2 is 1.91 bits per heavy atom. The fourth-order valence-corrected chi connectivity index (χ4v) is 4.29. The van der Waals surface area contributed by atoms with Gasteiger partial charge in [-0.05, 0) is 76.1 Å². The Balaban J connectivity index is 1.77. The smallest absolute Gasteiger partial charge is 0.335 e. The van der Waals surface area contributed by atoms with Crippen LogP contribution in [0.5, 0.6) is 0 Å². The second kappa shape index (κ2) is 8.90. The van der Waals surface area contributed by atoms with Crippen LogP contribution in [0.1, 0.15) is 52.0 Å². The zero-order chi connectivity index (χ0) is 22.9. The van der Waals surface area contributed by atoms with Gasteiger partial charge in [-0.2, -0.15) is 0 Å². The van der Waals surface area contributed by atoms with Crippen molar-refractivity contribution < 1.29 is 4.74 Å². The maximum absolute atomic E-state index is 13.5. The van der Waals surface area contributed by atoms with Crippen LogP contribution >= 0.6 is 0 Å². The molecule has 0 radical (unpaired) electrons. The molecule has 0 amide bonds. The van der Waals surface area contributed by atoms with E-state index < -0.39 is 5.72 Å². The second-order valence-electron chi connectivity index (χ2n) is 9.36. The maximum Gasteiger partial charge on any atom is 0.335 e. The second-order valence-corrected chi connectivity index (χ2v) is 9.36. The molecule has 2 aromatic heterocycles. The van der Waals surface area contributed by atoms with Gasteiger partial charge in [0, 0.05) is 25.5 Å². The topological polar surface area (TPSA) is 74.0 Å². The number of ether oxygens (including phenoxy) is 1.